The van der Waals surface area contributed by atoms with Gasteiger partial charge >= 0.3 is 0 Å². The number of benzene rings is 1. The number of piperidine rings is 1. The maximum atomic E-state index is 12.7. The lowest BCUT2D eigenvalue weighted by atomic mass is 9.92. The molecule has 2 rings (SSSR count). The van der Waals surface area contributed by atoms with E-state index in [1.807, 2.05) is 6.92 Å². The minimum atomic E-state index is -3.44. The lowest BCUT2D eigenvalue weighted by Gasteiger charge is -2.35. The number of rotatable bonds is 5. The Bertz CT molecular complexity index is 557. The average Bonchev–Trinajstić information content (AvgIpc) is 2.48. The first-order chi connectivity index (χ1) is 9.98. The third-order valence-corrected chi connectivity index (χ3v) is 5.93. The van der Waals surface area contributed by atoms with Gasteiger partial charge in [-0.1, -0.05) is 13.3 Å². The topological polar surface area (TPSA) is 72.6 Å². The summed E-state index contributed by atoms with van der Waals surface area (Å²) in [7, 11) is -3.44. The molecule has 1 aromatic carbocycles. The molecule has 0 aromatic heterocycles. The number of nitrogens with zero attached hydrogens (tertiary/aromatic N) is 1. The van der Waals surface area contributed by atoms with Crippen LogP contribution in [0.25, 0.3) is 0 Å². The Kier molecular flexibility index (Phi) is 5.24. The van der Waals surface area contributed by atoms with E-state index in [2.05, 4.69) is 6.92 Å². The zero-order valence-electron chi connectivity index (χ0n) is 12.7. The molecule has 1 saturated heterocycles. The number of sulfonamides is 1. The van der Waals surface area contributed by atoms with Crippen molar-refractivity contribution < 1.29 is 13.2 Å². The summed E-state index contributed by atoms with van der Waals surface area (Å²) in [4.78, 5) is 0.316. The van der Waals surface area contributed by atoms with Crippen LogP contribution in [0.5, 0.6) is 5.75 Å². The normalized spacial score (nSPS) is 24.0. The van der Waals surface area contributed by atoms with E-state index < -0.39 is 10.0 Å². The van der Waals surface area contributed by atoms with Crippen LogP contribution in [0.2, 0.25) is 0 Å². The summed E-state index contributed by atoms with van der Waals surface area (Å²) in [5, 5.41) is 0. The molecule has 0 aliphatic carbocycles. The lowest BCUT2D eigenvalue weighted by molar-refractivity contribution is 0.230. The van der Waals surface area contributed by atoms with Crippen LogP contribution in [0.3, 0.4) is 0 Å². The third kappa shape index (κ3) is 3.56. The van der Waals surface area contributed by atoms with Crippen molar-refractivity contribution >= 4 is 10.0 Å². The van der Waals surface area contributed by atoms with Gasteiger partial charge in [-0.15, -0.1) is 0 Å². The molecule has 21 heavy (non-hydrogen) atoms. The molecule has 5 nitrogen and oxygen atoms in total. The van der Waals surface area contributed by atoms with Crippen molar-refractivity contribution in [2.45, 2.75) is 37.6 Å². The summed E-state index contributed by atoms with van der Waals surface area (Å²) in [6.45, 7) is 5.51. The van der Waals surface area contributed by atoms with Crippen LogP contribution < -0.4 is 10.5 Å². The van der Waals surface area contributed by atoms with E-state index >= 15 is 0 Å². The maximum absolute atomic E-state index is 12.7. The van der Waals surface area contributed by atoms with E-state index in [1.165, 1.54) is 0 Å². The fraction of sp³-hybridized carbons (Fsp3) is 0.600. The Labute approximate surface area is 127 Å². The molecule has 0 amide bonds. The summed E-state index contributed by atoms with van der Waals surface area (Å²) in [6.07, 6.45) is 1.62. The summed E-state index contributed by atoms with van der Waals surface area (Å²) < 4.78 is 32.2. The molecule has 1 aliphatic heterocycles. The highest BCUT2D eigenvalue weighted by Gasteiger charge is 2.33. The van der Waals surface area contributed by atoms with E-state index in [1.54, 1.807) is 28.6 Å². The van der Waals surface area contributed by atoms with Gasteiger partial charge < -0.3 is 10.5 Å². The Morgan fingerprint density at radius 3 is 2.52 bits per heavy atom. The smallest absolute Gasteiger partial charge is 0.243 e. The van der Waals surface area contributed by atoms with Gasteiger partial charge in [-0.3, -0.25) is 0 Å². The third-order valence-electron chi connectivity index (χ3n) is 4.05. The first-order valence-corrected chi connectivity index (χ1v) is 8.91. The summed E-state index contributed by atoms with van der Waals surface area (Å²) in [6, 6.07) is 6.71. The molecule has 0 radical (unpaired) electrons. The number of hydrogen-bond donors (Lipinski definition) is 1. The van der Waals surface area contributed by atoms with E-state index in [0.717, 1.165) is 12.8 Å². The van der Waals surface area contributed by atoms with Gasteiger partial charge in [0.1, 0.15) is 5.75 Å². The van der Waals surface area contributed by atoms with Gasteiger partial charge in [-0.2, -0.15) is 4.31 Å². The molecule has 0 saturated carbocycles. The van der Waals surface area contributed by atoms with Crippen molar-refractivity contribution in [1.29, 1.82) is 0 Å². The molecule has 0 spiro atoms. The second-order valence-corrected chi connectivity index (χ2v) is 7.33. The predicted octanol–water partition coefficient (Wildman–Crippen LogP) is 1.83. The Balaban J connectivity index is 2.17. The van der Waals surface area contributed by atoms with E-state index in [-0.39, 0.29) is 12.0 Å². The molecule has 6 heteroatoms. The average molecular weight is 312 g/mol. The van der Waals surface area contributed by atoms with Crippen LogP contribution in [0.4, 0.5) is 0 Å². The molecule has 2 unspecified atom stereocenters. The fourth-order valence-corrected chi connectivity index (χ4v) is 4.20. The monoisotopic (exact) mass is 312 g/mol. The van der Waals surface area contributed by atoms with Crippen molar-refractivity contribution in [2.75, 3.05) is 19.7 Å². The largest absolute Gasteiger partial charge is 0.494 e. The lowest BCUT2D eigenvalue weighted by Crippen LogP contribution is -2.48. The van der Waals surface area contributed by atoms with Crippen molar-refractivity contribution in [3.05, 3.63) is 24.3 Å². The van der Waals surface area contributed by atoms with Crippen LogP contribution >= 0.6 is 0 Å². The first-order valence-electron chi connectivity index (χ1n) is 7.47. The van der Waals surface area contributed by atoms with E-state index in [9.17, 15) is 8.42 Å². The zero-order valence-corrected chi connectivity index (χ0v) is 13.5. The second kappa shape index (κ2) is 6.77. The first kappa shape index (κ1) is 16.3. The number of hydrogen-bond acceptors (Lipinski definition) is 4. The highest BCUT2D eigenvalue weighted by molar-refractivity contribution is 7.89. The van der Waals surface area contributed by atoms with Crippen molar-refractivity contribution in [1.82, 2.24) is 4.31 Å². The van der Waals surface area contributed by atoms with Crippen molar-refractivity contribution in [2.24, 2.45) is 11.7 Å². The molecule has 0 bridgehead atoms. The standard InChI is InChI=1S/C15H24N2O3S/c1-3-12-11-17(10-9-15(12)16)21(18,19)14-7-5-13(6-8-14)20-4-2/h5-8,12,15H,3-4,9-11,16H2,1-2H3. The number of nitrogens with two attached hydrogens (primary N) is 1. The van der Waals surface area contributed by atoms with E-state index in [4.69, 9.17) is 10.5 Å². The highest BCUT2D eigenvalue weighted by atomic mass is 32.2. The van der Waals surface area contributed by atoms with E-state index in [0.29, 0.717) is 30.3 Å². The van der Waals surface area contributed by atoms with Crippen molar-refractivity contribution in [3.63, 3.8) is 0 Å². The predicted molar refractivity (Wildman–Crippen MR) is 82.7 cm³/mol. The molecule has 1 aromatic rings. The van der Waals surface area contributed by atoms with Gasteiger partial charge in [0.15, 0.2) is 0 Å². The SMILES string of the molecule is CCOc1ccc(S(=O)(=O)N2CCC(N)C(CC)C2)cc1. The summed E-state index contributed by atoms with van der Waals surface area (Å²) in [5.41, 5.74) is 6.05. The van der Waals surface area contributed by atoms with Gasteiger partial charge in [-0.05, 0) is 43.5 Å². The molecular formula is C15H24N2O3S. The van der Waals surface area contributed by atoms with Crippen molar-refractivity contribution in [3.8, 4) is 5.75 Å². The fourth-order valence-electron chi connectivity index (χ4n) is 2.69. The molecular weight excluding hydrogens is 288 g/mol. The molecule has 2 atom stereocenters. The Hall–Kier alpha value is -1.11. The summed E-state index contributed by atoms with van der Waals surface area (Å²) in [5.74, 6) is 0.916. The molecule has 1 fully saturated rings. The van der Waals surface area contributed by atoms with Gasteiger partial charge in [-0.25, -0.2) is 8.42 Å². The van der Waals surface area contributed by atoms with Gasteiger partial charge in [0.25, 0.3) is 0 Å². The Morgan fingerprint density at radius 2 is 1.95 bits per heavy atom. The second-order valence-electron chi connectivity index (χ2n) is 5.39. The van der Waals surface area contributed by atoms with Gasteiger partial charge in [0, 0.05) is 19.1 Å². The van der Waals surface area contributed by atoms with Gasteiger partial charge in [0.05, 0.1) is 11.5 Å². The highest BCUT2D eigenvalue weighted by Crippen LogP contribution is 2.25. The van der Waals surface area contributed by atoms with Crippen LogP contribution in [0.15, 0.2) is 29.2 Å². The molecule has 118 valence electrons. The molecule has 1 aliphatic rings. The Morgan fingerprint density at radius 1 is 1.29 bits per heavy atom. The van der Waals surface area contributed by atoms with Crippen LogP contribution in [0, 0.1) is 5.92 Å². The van der Waals surface area contributed by atoms with Crippen LogP contribution in [-0.2, 0) is 10.0 Å². The minimum absolute atomic E-state index is 0.0989. The van der Waals surface area contributed by atoms with Crippen LogP contribution in [0.1, 0.15) is 26.7 Å². The summed E-state index contributed by atoms with van der Waals surface area (Å²) >= 11 is 0. The van der Waals surface area contributed by atoms with Gasteiger partial charge in [0.2, 0.25) is 10.0 Å². The number of ether oxygens (including phenoxy) is 1. The van der Waals surface area contributed by atoms with Crippen LogP contribution in [-0.4, -0.2) is 38.5 Å². The zero-order chi connectivity index (χ0) is 15.5. The molecule has 2 N–H and O–H groups in total. The molecule has 1 heterocycles. The maximum Gasteiger partial charge on any atom is 0.243 e. The quantitative estimate of drug-likeness (QED) is 0.900. The minimum Gasteiger partial charge on any atom is -0.494 e.